The first-order valence-corrected chi connectivity index (χ1v) is 14.9. The Morgan fingerprint density at radius 1 is 0.950 bits per heavy atom. The number of amides is 1. The van der Waals surface area contributed by atoms with Gasteiger partial charge in [-0.1, -0.05) is 30.3 Å². The summed E-state index contributed by atoms with van der Waals surface area (Å²) in [6.45, 7) is 3.48. The Morgan fingerprint density at radius 2 is 1.65 bits per heavy atom. The number of benzene rings is 3. The normalized spacial score (nSPS) is 18.2. The molecule has 1 amide bonds. The molecule has 1 fully saturated rings. The molecule has 1 aliphatic carbocycles. The summed E-state index contributed by atoms with van der Waals surface area (Å²) in [5, 5.41) is 6.23. The van der Waals surface area contributed by atoms with Crippen molar-refractivity contribution in [3.05, 3.63) is 83.9 Å². The fourth-order valence-electron chi connectivity index (χ4n) is 5.05. The van der Waals surface area contributed by atoms with Gasteiger partial charge >= 0.3 is 0 Å². The number of sulfonamides is 1. The van der Waals surface area contributed by atoms with Gasteiger partial charge in [-0.15, -0.1) is 0 Å². The van der Waals surface area contributed by atoms with Gasteiger partial charge in [0.1, 0.15) is 0 Å². The van der Waals surface area contributed by atoms with E-state index in [1.54, 1.807) is 42.5 Å². The quantitative estimate of drug-likeness (QED) is 0.208. The second-order valence-electron chi connectivity index (χ2n) is 10.3. The molecule has 0 aliphatic heterocycles. The molecular formula is C30H33N5O4S. The number of carbonyl (C=O) groups excluding carboxylic acids is 2. The van der Waals surface area contributed by atoms with Gasteiger partial charge in [-0.05, 0) is 87.6 Å². The van der Waals surface area contributed by atoms with E-state index in [0.717, 1.165) is 11.3 Å². The van der Waals surface area contributed by atoms with Crippen molar-refractivity contribution in [2.75, 3.05) is 5.32 Å². The number of H-pyrrole nitrogens is 1. The van der Waals surface area contributed by atoms with Gasteiger partial charge in [0.05, 0.1) is 22.0 Å². The molecule has 1 aliphatic rings. The summed E-state index contributed by atoms with van der Waals surface area (Å²) in [6.07, 6.45) is 2.44. The smallest absolute Gasteiger partial charge is 0.240 e. The Labute approximate surface area is 233 Å². The van der Waals surface area contributed by atoms with Gasteiger partial charge in [0.2, 0.25) is 21.9 Å². The SMILES string of the molecule is CC(=O)c1ccc(Nc2nc3cc(S(=O)(=O)NC4CCC(C(=O)N[C@H](C)c5ccccc5)CC4)ccc3[nH]2)cc1. The van der Waals surface area contributed by atoms with Crippen molar-refractivity contribution < 1.29 is 18.0 Å². The number of ketones is 1. The molecule has 1 saturated carbocycles. The first kappa shape index (κ1) is 27.5. The molecule has 0 unspecified atom stereocenters. The number of aromatic nitrogens is 2. The number of anilines is 2. The lowest BCUT2D eigenvalue weighted by Gasteiger charge is -2.29. The van der Waals surface area contributed by atoms with Crippen LogP contribution in [0.5, 0.6) is 0 Å². The van der Waals surface area contributed by atoms with E-state index in [0.29, 0.717) is 48.2 Å². The third-order valence-corrected chi connectivity index (χ3v) is 8.92. The van der Waals surface area contributed by atoms with Crippen LogP contribution in [-0.4, -0.2) is 36.1 Å². The number of hydrogen-bond acceptors (Lipinski definition) is 6. The lowest BCUT2D eigenvalue weighted by Crippen LogP contribution is -2.41. The van der Waals surface area contributed by atoms with Crippen LogP contribution in [0.15, 0.2) is 77.7 Å². The molecule has 40 heavy (non-hydrogen) atoms. The molecule has 0 bridgehead atoms. The molecule has 10 heteroatoms. The first-order chi connectivity index (χ1) is 19.2. The number of Topliss-reactive ketones (excluding diaryl/α,β-unsaturated/α-hetero) is 1. The Morgan fingerprint density at radius 3 is 2.33 bits per heavy atom. The van der Waals surface area contributed by atoms with Crippen LogP contribution < -0.4 is 15.4 Å². The molecule has 0 radical (unpaired) electrons. The van der Waals surface area contributed by atoms with E-state index in [1.165, 1.54) is 6.92 Å². The number of nitrogens with zero attached hydrogens (tertiary/aromatic N) is 1. The highest BCUT2D eigenvalue weighted by molar-refractivity contribution is 7.89. The summed E-state index contributed by atoms with van der Waals surface area (Å²) in [5.41, 5.74) is 3.62. The second-order valence-corrected chi connectivity index (χ2v) is 12.0. The maximum absolute atomic E-state index is 13.2. The number of rotatable bonds is 9. The van der Waals surface area contributed by atoms with Crippen LogP contribution in [0.4, 0.5) is 11.6 Å². The standard InChI is InChI=1S/C30H33N5O4S/c1-19(21-6-4-3-5-7-21)31-29(37)23-10-14-25(15-11-23)35-40(38,39)26-16-17-27-28(18-26)34-30(33-27)32-24-12-8-22(9-13-24)20(2)36/h3-9,12-13,16-19,23,25,35H,10-11,14-15H2,1-2H3,(H,31,37)(H2,32,33,34)/t19-,23?,25?/m1/s1. The first-order valence-electron chi connectivity index (χ1n) is 13.4. The number of carbonyl (C=O) groups is 2. The Balaban J connectivity index is 1.18. The van der Waals surface area contributed by atoms with Crippen molar-refractivity contribution in [1.82, 2.24) is 20.0 Å². The minimum atomic E-state index is -3.76. The van der Waals surface area contributed by atoms with E-state index in [2.05, 4.69) is 25.3 Å². The summed E-state index contributed by atoms with van der Waals surface area (Å²) >= 11 is 0. The fraction of sp³-hybridized carbons (Fsp3) is 0.300. The molecule has 4 N–H and O–H groups in total. The van der Waals surface area contributed by atoms with Gasteiger partial charge in [0.25, 0.3) is 0 Å². The van der Waals surface area contributed by atoms with E-state index >= 15 is 0 Å². The van der Waals surface area contributed by atoms with Crippen LogP contribution in [0.2, 0.25) is 0 Å². The van der Waals surface area contributed by atoms with Crippen LogP contribution >= 0.6 is 0 Å². The lowest BCUT2D eigenvalue weighted by molar-refractivity contribution is -0.126. The van der Waals surface area contributed by atoms with Gasteiger partial charge in [0.15, 0.2) is 5.78 Å². The highest BCUT2D eigenvalue weighted by atomic mass is 32.2. The Kier molecular flexibility index (Phi) is 7.99. The maximum atomic E-state index is 13.2. The summed E-state index contributed by atoms with van der Waals surface area (Å²) in [6, 6.07) is 21.3. The number of nitrogens with one attached hydrogen (secondary N) is 4. The van der Waals surface area contributed by atoms with Crippen LogP contribution in [0, 0.1) is 5.92 Å². The van der Waals surface area contributed by atoms with Gasteiger partial charge in [-0.25, -0.2) is 18.1 Å². The fourth-order valence-corrected chi connectivity index (χ4v) is 6.38. The molecule has 0 saturated heterocycles. The molecule has 0 spiro atoms. The molecular weight excluding hydrogens is 526 g/mol. The predicted octanol–water partition coefficient (Wildman–Crippen LogP) is 5.22. The topological polar surface area (TPSA) is 133 Å². The minimum absolute atomic E-state index is 0.00959. The predicted molar refractivity (Wildman–Crippen MR) is 155 cm³/mol. The van der Waals surface area contributed by atoms with Crippen molar-refractivity contribution >= 4 is 44.4 Å². The zero-order chi connectivity index (χ0) is 28.3. The van der Waals surface area contributed by atoms with Crippen molar-refractivity contribution in [2.24, 2.45) is 5.92 Å². The Hall–Kier alpha value is -4.02. The molecule has 1 heterocycles. The molecule has 5 rings (SSSR count). The maximum Gasteiger partial charge on any atom is 0.240 e. The Bertz CT molecular complexity index is 1610. The number of hydrogen-bond donors (Lipinski definition) is 4. The van der Waals surface area contributed by atoms with E-state index in [1.807, 2.05) is 37.3 Å². The zero-order valence-corrected chi connectivity index (χ0v) is 23.3. The summed E-state index contributed by atoms with van der Waals surface area (Å²) in [4.78, 5) is 32.1. The van der Waals surface area contributed by atoms with E-state index in [-0.39, 0.29) is 34.6 Å². The van der Waals surface area contributed by atoms with Crippen LogP contribution in [-0.2, 0) is 14.8 Å². The van der Waals surface area contributed by atoms with E-state index < -0.39 is 10.0 Å². The average molecular weight is 560 g/mol. The van der Waals surface area contributed by atoms with E-state index in [4.69, 9.17) is 0 Å². The highest BCUT2D eigenvalue weighted by Gasteiger charge is 2.30. The minimum Gasteiger partial charge on any atom is -0.349 e. The van der Waals surface area contributed by atoms with Crippen molar-refractivity contribution in [1.29, 1.82) is 0 Å². The highest BCUT2D eigenvalue weighted by Crippen LogP contribution is 2.28. The average Bonchev–Trinajstić information content (AvgIpc) is 3.35. The largest absolute Gasteiger partial charge is 0.349 e. The third kappa shape index (κ3) is 6.40. The molecule has 1 atom stereocenters. The monoisotopic (exact) mass is 559 g/mol. The summed E-state index contributed by atoms with van der Waals surface area (Å²) < 4.78 is 29.2. The lowest BCUT2D eigenvalue weighted by atomic mass is 9.85. The third-order valence-electron chi connectivity index (χ3n) is 7.40. The number of fused-ring (bicyclic) bond motifs is 1. The van der Waals surface area contributed by atoms with E-state index in [9.17, 15) is 18.0 Å². The number of aromatic amines is 1. The molecule has 3 aromatic carbocycles. The van der Waals surface area contributed by atoms with Crippen LogP contribution in [0.3, 0.4) is 0 Å². The zero-order valence-electron chi connectivity index (χ0n) is 22.5. The van der Waals surface area contributed by atoms with Crippen LogP contribution in [0.25, 0.3) is 11.0 Å². The summed E-state index contributed by atoms with van der Waals surface area (Å²) in [5.74, 6) is 0.341. The number of imidazole rings is 1. The van der Waals surface area contributed by atoms with Crippen molar-refractivity contribution in [2.45, 2.75) is 56.5 Å². The van der Waals surface area contributed by atoms with Gasteiger partial charge in [-0.2, -0.15) is 0 Å². The van der Waals surface area contributed by atoms with Crippen molar-refractivity contribution in [3.63, 3.8) is 0 Å². The van der Waals surface area contributed by atoms with Crippen molar-refractivity contribution in [3.8, 4) is 0 Å². The van der Waals surface area contributed by atoms with Crippen LogP contribution in [0.1, 0.15) is 61.5 Å². The van der Waals surface area contributed by atoms with Gasteiger partial charge < -0.3 is 15.6 Å². The van der Waals surface area contributed by atoms with Gasteiger partial charge in [-0.3, -0.25) is 9.59 Å². The second kappa shape index (κ2) is 11.6. The molecule has 4 aromatic rings. The molecule has 1 aromatic heterocycles. The van der Waals surface area contributed by atoms with Gasteiger partial charge in [0, 0.05) is 23.2 Å². The molecule has 208 valence electrons. The molecule has 9 nitrogen and oxygen atoms in total. The summed E-state index contributed by atoms with van der Waals surface area (Å²) in [7, 11) is -3.76.